The fourth-order valence-corrected chi connectivity index (χ4v) is 2.64. The van der Waals surface area contributed by atoms with Gasteiger partial charge in [-0.05, 0) is 44.4 Å². The Kier molecular flexibility index (Phi) is 3.07. The van der Waals surface area contributed by atoms with Gasteiger partial charge in [-0.25, -0.2) is 8.78 Å². The fourth-order valence-electron chi connectivity index (χ4n) is 2.21. The molecule has 19 heavy (non-hydrogen) atoms. The Bertz CT molecular complexity index is 761. The zero-order valence-electron chi connectivity index (χ0n) is 9.83. The first kappa shape index (κ1) is 12.3. The molecule has 0 nitrogen and oxygen atoms in total. The van der Waals surface area contributed by atoms with Crippen molar-refractivity contribution >= 4 is 26.7 Å². The maximum atomic E-state index is 14.2. The molecule has 0 aliphatic rings. The molecule has 3 heteroatoms. The molecular weight excluding hydrogens is 310 g/mol. The van der Waals surface area contributed by atoms with Crippen LogP contribution >= 0.6 is 15.9 Å². The Morgan fingerprint density at radius 1 is 0.789 bits per heavy atom. The van der Waals surface area contributed by atoms with Crippen LogP contribution in [0.25, 0.3) is 21.9 Å². The van der Waals surface area contributed by atoms with Gasteiger partial charge in [-0.3, -0.25) is 0 Å². The van der Waals surface area contributed by atoms with Crippen LogP contribution < -0.4 is 0 Å². The highest BCUT2D eigenvalue weighted by molar-refractivity contribution is 9.10. The van der Waals surface area contributed by atoms with Crippen LogP contribution in [0, 0.1) is 11.6 Å². The Balaban J connectivity index is 2.37. The highest BCUT2D eigenvalue weighted by Crippen LogP contribution is 2.33. The van der Waals surface area contributed by atoms with Gasteiger partial charge in [0.05, 0.1) is 4.47 Å². The van der Waals surface area contributed by atoms with Crippen molar-refractivity contribution in [2.75, 3.05) is 0 Å². The molecule has 0 aliphatic heterocycles. The Hall–Kier alpha value is -1.74. The topological polar surface area (TPSA) is 0 Å². The predicted octanol–water partition coefficient (Wildman–Crippen LogP) is 5.55. The summed E-state index contributed by atoms with van der Waals surface area (Å²) in [6, 6.07) is 15.6. The number of hydrogen-bond acceptors (Lipinski definition) is 0. The van der Waals surface area contributed by atoms with Crippen molar-refractivity contribution in [2.24, 2.45) is 0 Å². The van der Waals surface area contributed by atoms with E-state index < -0.39 is 11.6 Å². The zero-order valence-corrected chi connectivity index (χ0v) is 11.4. The van der Waals surface area contributed by atoms with Crippen LogP contribution in [0.4, 0.5) is 8.78 Å². The summed E-state index contributed by atoms with van der Waals surface area (Å²) in [6.07, 6.45) is 0. The van der Waals surface area contributed by atoms with Crippen molar-refractivity contribution in [2.45, 2.75) is 0 Å². The Morgan fingerprint density at radius 2 is 1.53 bits per heavy atom. The molecule has 0 aromatic heterocycles. The van der Waals surface area contributed by atoms with Gasteiger partial charge in [0.25, 0.3) is 0 Å². The minimum absolute atomic E-state index is 0.135. The first-order valence-corrected chi connectivity index (χ1v) is 6.59. The van der Waals surface area contributed by atoms with E-state index >= 15 is 0 Å². The van der Waals surface area contributed by atoms with Crippen LogP contribution in [-0.4, -0.2) is 0 Å². The highest BCUT2D eigenvalue weighted by atomic mass is 79.9. The quantitative estimate of drug-likeness (QED) is 0.516. The molecule has 94 valence electrons. The second kappa shape index (κ2) is 4.74. The van der Waals surface area contributed by atoms with Crippen LogP contribution in [0.3, 0.4) is 0 Å². The van der Waals surface area contributed by atoms with Crippen LogP contribution in [0.5, 0.6) is 0 Å². The third-order valence-electron chi connectivity index (χ3n) is 3.07. The van der Waals surface area contributed by atoms with Crippen LogP contribution in [0.15, 0.2) is 59.1 Å². The van der Waals surface area contributed by atoms with Gasteiger partial charge in [0, 0.05) is 5.56 Å². The summed E-state index contributed by atoms with van der Waals surface area (Å²) in [5, 5.41) is 1.90. The molecule has 3 aromatic carbocycles. The van der Waals surface area contributed by atoms with E-state index in [4.69, 9.17) is 0 Å². The van der Waals surface area contributed by atoms with E-state index in [1.54, 1.807) is 6.07 Å². The summed E-state index contributed by atoms with van der Waals surface area (Å²) < 4.78 is 27.8. The SMILES string of the molecule is Fc1cc(Br)c(F)c(-c2cccc3ccccc23)c1. The summed E-state index contributed by atoms with van der Waals surface area (Å²) in [4.78, 5) is 0. The summed E-state index contributed by atoms with van der Waals surface area (Å²) >= 11 is 3.04. The monoisotopic (exact) mass is 318 g/mol. The van der Waals surface area contributed by atoms with Crippen molar-refractivity contribution in [1.29, 1.82) is 0 Å². The van der Waals surface area contributed by atoms with Gasteiger partial charge in [0.2, 0.25) is 0 Å². The lowest BCUT2D eigenvalue weighted by Crippen LogP contribution is -1.90. The number of hydrogen-bond donors (Lipinski definition) is 0. The van der Waals surface area contributed by atoms with E-state index in [2.05, 4.69) is 15.9 Å². The van der Waals surface area contributed by atoms with E-state index in [0.717, 1.165) is 16.8 Å². The molecule has 0 saturated carbocycles. The molecule has 3 rings (SSSR count). The Morgan fingerprint density at radius 3 is 2.37 bits per heavy atom. The smallest absolute Gasteiger partial charge is 0.145 e. The van der Waals surface area contributed by atoms with Crippen LogP contribution in [0.2, 0.25) is 0 Å². The molecule has 0 unspecified atom stereocenters. The van der Waals surface area contributed by atoms with E-state index in [0.29, 0.717) is 5.56 Å². The first-order chi connectivity index (χ1) is 9.16. The van der Waals surface area contributed by atoms with Gasteiger partial charge in [-0.2, -0.15) is 0 Å². The fraction of sp³-hybridized carbons (Fsp3) is 0. The largest absolute Gasteiger partial charge is 0.207 e. The minimum Gasteiger partial charge on any atom is -0.207 e. The molecule has 0 bridgehead atoms. The molecule has 3 aromatic rings. The third kappa shape index (κ3) is 2.15. The lowest BCUT2D eigenvalue weighted by Gasteiger charge is -2.09. The van der Waals surface area contributed by atoms with E-state index in [1.807, 2.05) is 36.4 Å². The van der Waals surface area contributed by atoms with Gasteiger partial charge < -0.3 is 0 Å². The van der Waals surface area contributed by atoms with Crippen molar-refractivity contribution < 1.29 is 8.78 Å². The molecular formula is C16H9BrF2. The zero-order chi connectivity index (χ0) is 13.4. The number of rotatable bonds is 1. The predicted molar refractivity (Wildman–Crippen MR) is 77.0 cm³/mol. The highest BCUT2D eigenvalue weighted by Gasteiger charge is 2.13. The van der Waals surface area contributed by atoms with Crippen molar-refractivity contribution in [3.63, 3.8) is 0 Å². The molecule has 0 fully saturated rings. The number of halogens is 3. The standard InChI is InChI=1S/C16H9BrF2/c17-15-9-11(18)8-14(16(15)19)13-7-3-5-10-4-1-2-6-12(10)13/h1-9H. The summed E-state index contributed by atoms with van der Waals surface area (Å²) in [7, 11) is 0. The van der Waals surface area contributed by atoms with E-state index in [9.17, 15) is 8.78 Å². The van der Waals surface area contributed by atoms with Crippen molar-refractivity contribution in [3.05, 3.63) is 70.7 Å². The van der Waals surface area contributed by atoms with Gasteiger partial charge >= 0.3 is 0 Å². The van der Waals surface area contributed by atoms with E-state index in [-0.39, 0.29) is 10.0 Å². The molecule has 0 heterocycles. The van der Waals surface area contributed by atoms with Crippen molar-refractivity contribution in [1.82, 2.24) is 0 Å². The normalized spacial score (nSPS) is 10.9. The summed E-state index contributed by atoms with van der Waals surface area (Å²) in [5.74, 6) is -0.908. The molecule has 0 amide bonds. The number of benzene rings is 3. The first-order valence-electron chi connectivity index (χ1n) is 5.79. The van der Waals surface area contributed by atoms with Gasteiger partial charge in [0.1, 0.15) is 11.6 Å². The van der Waals surface area contributed by atoms with Crippen LogP contribution in [-0.2, 0) is 0 Å². The van der Waals surface area contributed by atoms with Crippen molar-refractivity contribution in [3.8, 4) is 11.1 Å². The van der Waals surface area contributed by atoms with Gasteiger partial charge in [-0.1, -0.05) is 42.5 Å². The molecule has 0 radical (unpaired) electrons. The Labute approximate surface area is 117 Å². The minimum atomic E-state index is -0.462. The maximum absolute atomic E-state index is 14.2. The lowest BCUT2D eigenvalue weighted by atomic mass is 9.98. The summed E-state index contributed by atoms with van der Waals surface area (Å²) in [6.45, 7) is 0. The lowest BCUT2D eigenvalue weighted by molar-refractivity contribution is 0.598. The molecule has 0 saturated heterocycles. The average Bonchev–Trinajstić information content (AvgIpc) is 2.42. The number of fused-ring (bicyclic) bond motifs is 1. The van der Waals surface area contributed by atoms with E-state index in [1.165, 1.54) is 6.07 Å². The third-order valence-corrected chi connectivity index (χ3v) is 3.65. The van der Waals surface area contributed by atoms with Crippen LogP contribution in [0.1, 0.15) is 0 Å². The maximum Gasteiger partial charge on any atom is 0.145 e. The average molecular weight is 319 g/mol. The summed E-state index contributed by atoms with van der Waals surface area (Å²) in [5.41, 5.74) is 0.958. The molecule has 0 aliphatic carbocycles. The van der Waals surface area contributed by atoms with Gasteiger partial charge in [0.15, 0.2) is 0 Å². The van der Waals surface area contributed by atoms with Gasteiger partial charge in [-0.15, -0.1) is 0 Å². The second-order valence-electron chi connectivity index (χ2n) is 4.28. The second-order valence-corrected chi connectivity index (χ2v) is 5.13. The molecule has 0 atom stereocenters. The molecule has 0 N–H and O–H groups in total. The molecule has 0 spiro atoms.